The number of amides is 1. The number of carbonyl (C=O) groups is 1. The highest BCUT2D eigenvalue weighted by Crippen LogP contribution is 2.22. The quantitative estimate of drug-likeness (QED) is 0.854. The molecule has 1 aromatic rings. The zero-order valence-electron chi connectivity index (χ0n) is 11.5. The summed E-state index contributed by atoms with van der Waals surface area (Å²) >= 11 is 5.19. The largest absolute Gasteiger partial charge is 0.352 e. The Labute approximate surface area is 120 Å². The number of H-pyrrole nitrogens is 1. The van der Waals surface area contributed by atoms with E-state index in [1.165, 1.54) is 19.3 Å². The van der Waals surface area contributed by atoms with Crippen LogP contribution in [-0.4, -0.2) is 28.9 Å². The molecule has 0 unspecified atom stereocenters. The maximum Gasteiger partial charge on any atom is 0.256 e. The van der Waals surface area contributed by atoms with E-state index in [1.807, 2.05) is 17.0 Å². The van der Waals surface area contributed by atoms with Crippen LogP contribution in [0.4, 0.5) is 0 Å². The van der Waals surface area contributed by atoms with E-state index in [-0.39, 0.29) is 5.91 Å². The molecule has 1 saturated heterocycles. The molecule has 4 heteroatoms. The summed E-state index contributed by atoms with van der Waals surface area (Å²) in [6.45, 7) is 3.97. The van der Waals surface area contributed by atoms with Crippen molar-refractivity contribution in [3.8, 4) is 0 Å². The predicted molar refractivity (Wildman–Crippen MR) is 79.8 cm³/mol. The van der Waals surface area contributed by atoms with Crippen LogP contribution in [0.15, 0.2) is 18.3 Å². The minimum absolute atomic E-state index is 0.0824. The SMILES string of the molecule is CCC[C@H]1CCCN(C(=O)c2ccc[nH]c2=S)CC1. The fourth-order valence-electron chi connectivity index (χ4n) is 2.83. The van der Waals surface area contributed by atoms with Gasteiger partial charge in [-0.3, -0.25) is 4.79 Å². The van der Waals surface area contributed by atoms with Crippen LogP contribution in [0.5, 0.6) is 0 Å². The van der Waals surface area contributed by atoms with Gasteiger partial charge in [0.15, 0.2) is 0 Å². The second kappa shape index (κ2) is 6.85. The van der Waals surface area contributed by atoms with E-state index >= 15 is 0 Å². The van der Waals surface area contributed by atoms with Crippen molar-refractivity contribution in [1.82, 2.24) is 9.88 Å². The monoisotopic (exact) mass is 278 g/mol. The first-order valence-corrected chi connectivity index (χ1v) is 7.60. The number of hydrogen-bond donors (Lipinski definition) is 1. The molecule has 0 bridgehead atoms. The van der Waals surface area contributed by atoms with Crippen LogP contribution in [0.1, 0.15) is 49.4 Å². The van der Waals surface area contributed by atoms with Gasteiger partial charge in [0.2, 0.25) is 0 Å². The summed E-state index contributed by atoms with van der Waals surface area (Å²) in [5.74, 6) is 0.868. The molecule has 1 amide bonds. The van der Waals surface area contributed by atoms with Gasteiger partial charge in [-0.2, -0.15) is 0 Å². The molecule has 0 radical (unpaired) electrons. The van der Waals surface area contributed by atoms with Crippen molar-refractivity contribution in [2.45, 2.75) is 39.0 Å². The minimum atomic E-state index is 0.0824. The van der Waals surface area contributed by atoms with E-state index in [4.69, 9.17) is 12.2 Å². The lowest BCUT2D eigenvalue weighted by atomic mass is 9.96. The molecule has 0 aliphatic carbocycles. The summed E-state index contributed by atoms with van der Waals surface area (Å²) in [7, 11) is 0. The minimum Gasteiger partial charge on any atom is -0.352 e. The van der Waals surface area contributed by atoms with E-state index in [0.717, 1.165) is 31.8 Å². The highest BCUT2D eigenvalue weighted by atomic mass is 32.1. The van der Waals surface area contributed by atoms with Crippen molar-refractivity contribution in [3.05, 3.63) is 28.5 Å². The normalized spacial score (nSPS) is 20.1. The molecule has 1 aliphatic rings. The molecule has 104 valence electrons. The van der Waals surface area contributed by atoms with Crippen molar-refractivity contribution < 1.29 is 4.79 Å². The summed E-state index contributed by atoms with van der Waals surface area (Å²) in [5, 5.41) is 0. The molecule has 2 heterocycles. The van der Waals surface area contributed by atoms with Gasteiger partial charge in [-0.05, 0) is 37.3 Å². The summed E-state index contributed by atoms with van der Waals surface area (Å²) in [6.07, 6.45) is 7.77. The molecule has 0 saturated carbocycles. The number of carbonyl (C=O) groups excluding carboxylic acids is 1. The Morgan fingerprint density at radius 1 is 1.47 bits per heavy atom. The number of aromatic nitrogens is 1. The highest BCUT2D eigenvalue weighted by Gasteiger charge is 2.21. The number of pyridine rings is 1. The van der Waals surface area contributed by atoms with Crippen molar-refractivity contribution >= 4 is 18.1 Å². The van der Waals surface area contributed by atoms with Gasteiger partial charge in [-0.25, -0.2) is 0 Å². The maximum atomic E-state index is 12.5. The molecule has 1 fully saturated rings. The zero-order valence-corrected chi connectivity index (χ0v) is 12.3. The second-order valence-corrected chi connectivity index (χ2v) is 5.70. The molecule has 1 N–H and O–H groups in total. The summed E-state index contributed by atoms with van der Waals surface area (Å²) < 4.78 is 0.543. The number of likely N-dealkylation sites (tertiary alicyclic amines) is 1. The van der Waals surface area contributed by atoms with E-state index in [0.29, 0.717) is 10.2 Å². The van der Waals surface area contributed by atoms with Gasteiger partial charge in [-0.15, -0.1) is 0 Å². The van der Waals surface area contributed by atoms with Crippen molar-refractivity contribution in [3.63, 3.8) is 0 Å². The number of aromatic amines is 1. The number of nitrogens with zero attached hydrogens (tertiary/aromatic N) is 1. The van der Waals surface area contributed by atoms with E-state index < -0.39 is 0 Å². The Hall–Kier alpha value is -1.16. The predicted octanol–water partition coefficient (Wildman–Crippen LogP) is 3.79. The Morgan fingerprint density at radius 3 is 3.05 bits per heavy atom. The van der Waals surface area contributed by atoms with E-state index in [2.05, 4.69) is 11.9 Å². The van der Waals surface area contributed by atoms with Crippen molar-refractivity contribution in [2.24, 2.45) is 5.92 Å². The third kappa shape index (κ3) is 3.66. The first-order valence-electron chi connectivity index (χ1n) is 7.19. The average Bonchev–Trinajstić information content (AvgIpc) is 2.65. The van der Waals surface area contributed by atoms with Gasteiger partial charge in [0.05, 0.1) is 5.56 Å². The zero-order chi connectivity index (χ0) is 13.7. The molecule has 1 aromatic heterocycles. The highest BCUT2D eigenvalue weighted by molar-refractivity contribution is 7.71. The topological polar surface area (TPSA) is 36.1 Å². The number of rotatable bonds is 3. The fourth-order valence-corrected chi connectivity index (χ4v) is 3.05. The third-order valence-electron chi connectivity index (χ3n) is 3.88. The second-order valence-electron chi connectivity index (χ2n) is 5.29. The summed E-state index contributed by atoms with van der Waals surface area (Å²) in [6, 6.07) is 3.65. The molecular formula is C15H22N2OS. The molecule has 19 heavy (non-hydrogen) atoms. The number of nitrogens with one attached hydrogen (secondary N) is 1. The molecule has 0 spiro atoms. The molecule has 2 rings (SSSR count). The Balaban J connectivity index is 2.04. The van der Waals surface area contributed by atoms with Crippen LogP contribution in [-0.2, 0) is 0 Å². The fraction of sp³-hybridized carbons (Fsp3) is 0.600. The molecule has 1 atom stereocenters. The lowest BCUT2D eigenvalue weighted by Crippen LogP contribution is -2.32. The van der Waals surface area contributed by atoms with Crippen LogP contribution >= 0.6 is 12.2 Å². The van der Waals surface area contributed by atoms with Gasteiger partial charge in [0.1, 0.15) is 4.64 Å². The average molecular weight is 278 g/mol. The third-order valence-corrected chi connectivity index (χ3v) is 4.22. The molecule has 3 nitrogen and oxygen atoms in total. The van der Waals surface area contributed by atoms with Crippen LogP contribution in [0.25, 0.3) is 0 Å². The maximum absolute atomic E-state index is 12.5. The molecule has 0 aromatic carbocycles. The Kier molecular flexibility index (Phi) is 5.14. The smallest absolute Gasteiger partial charge is 0.256 e. The van der Waals surface area contributed by atoms with Crippen LogP contribution in [0.2, 0.25) is 0 Å². The summed E-state index contributed by atoms with van der Waals surface area (Å²) in [4.78, 5) is 17.4. The van der Waals surface area contributed by atoms with Gasteiger partial charge in [-0.1, -0.05) is 32.0 Å². The van der Waals surface area contributed by atoms with Gasteiger partial charge in [0, 0.05) is 19.3 Å². The molecule has 1 aliphatic heterocycles. The molecular weight excluding hydrogens is 256 g/mol. The first kappa shape index (κ1) is 14.3. The van der Waals surface area contributed by atoms with E-state index in [9.17, 15) is 4.79 Å². The van der Waals surface area contributed by atoms with Crippen LogP contribution in [0.3, 0.4) is 0 Å². The summed E-state index contributed by atoms with van der Waals surface area (Å²) in [5.41, 5.74) is 0.631. The van der Waals surface area contributed by atoms with Gasteiger partial charge < -0.3 is 9.88 Å². The number of hydrogen-bond acceptors (Lipinski definition) is 2. The van der Waals surface area contributed by atoms with Crippen molar-refractivity contribution in [1.29, 1.82) is 0 Å². The van der Waals surface area contributed by atoms with Crippen molar-refractivity contribution in [2.75, 3.05) is 13.1 Å². The first-order chi connectivity index (χ1) is 9.22. The lowest BCUT2D eigenvalue weighted by Gasteiger charge is -2.20. The van der Waals surface area contributed by atoms with Gasteiger partial charge in [0.25, 0.3) is 5.91 Å². The standard InChI is InChI=1S/C15H22N2OS/c1-2-5-12-6-4-10-17(11-8-12)15(18)13-7-3-9-16-14(13)19/h3,7,9,12H,2,4-6,8,10-11H2,1H3,(H,16,19)/t12-/m0/s1. The Morgan fingerprint density at radius 2 is 2.32 bits per heavy atom. The van der Waals surface area contributed by atoms with Crippen LogP contribution in [0, 0.1) is 10.6 Å². The Bertz CT molecular complexity index is 483. The lowest BCUT2D eigenvalue weighted by molar-refractivity contribution is 0.0759. The van der Waals surface area contributed by atoms with E-state index in [1.54, 1.807) is 6.20 Å². The van der Waals surface area contributed by atoms with Crippen LogP contribution < -0.4 is 0 Å². The van der Waals surface area contributed by atoms with Gasteiger partial charge >= 0.3 is 0 Å².